The van der Waals surface area contributed by atoms with Crippen LogP contribution < -0.4 is 0 Å². The van der Waals surface area contributed by atoms with Gasteiger partial charge in [0.25, 0.3) is 0 Å². The number of benzene rings is 2. The van der Waals surface area contributed by atoms with E-state index in [-0.39, 0.29) is 5.82 Å². The number of nitrogens with zero attached hydrogens (tertiary/aromatic N) is 5. The van der Waals surface area contributed by atoms with Gasteiger partial charge in [-0.1, -0.05) is 35.5 Å². The number of tetrazole rings is 1. The summed E-state index contributed by atoms with van der Waals surface area (Å²) in [6, 6.07) is 13.7. The summed E-state index contributed by atoms with van der Waals surface area (Å²) in [6.07, 6.45) is 1.74. The van der Waals surface area contributed by atoms with Crippen LogP contribution in [0, 0.1) is 5.82 Å². The molecule has 124 valence electrons. The maximum Gasteiger partial charge on any atom is 0.214 e. The second kappa shape index (κ2) is 6.78. The average Bonchev–Trinajstić information content (AvgIpc) is 3.10. The number of fused-ring (bicyclic) bond motifs is 1. The molecule has 0 amide bonds. The molecule has 5 nitrogen and oxygen atoms in total. The van der Waals surface area contributed by atoms with E-state index in [1.165, 1.54) is 28.6 Å². The zero-order valence-corrected chi connectivity index (χ0v) is 14.4. The summed E-state index contributed by atoms with van der Waals surface area (Å²) in [5.74, 6) is 0.275. The van der Waals surface area contributed by atoms with Gasteiger partial charge in [-0.15, -0.1) is 5.10 Å². The molecule has 0 unspecified atom stereocenters. The summed E-state index contributed by atoms with van der Waals surface area (Å²) in [7, 11) is 0. The van der Waals surface area contributed by atoms with E-state index < -0.39 is 0 Å². The Balaban J connectivity index is 1.64. The van der Waals surface area contributed by atoms with E-state index in [1.54, 1.807) is 18.3 Å². The fourth-order valence-electron chi connectivity index (χ4n) is 2.49. The van der Waals surface area contributed by atoms with Crippen LogP contribution in [0.4, 0.5) is 4.39 Å². The summed E-state index contributed by atoms with van der Waals surface area (Å²) >= 11 is 7.68. The third-order valence-electron chi connectivity index (χ3n) is 3.65. The van der Waals surface area contributed by atoms with Crippen LogP contribution in [0.5, 0.6) is 0 Å². The standard InChI is InChI=1S/C17H11ClFN5S/c18-15-7-6-11(16-14(15)5-2-8-20-16)10-25-17-21-22-23-24(17)13-4-1-3-12(19)9-13/h1-9H,10H2. The molecule has 0 aliphatic heterocycles. The Kier molecular flexibility index (Phi) is 4.33. The van der Waals surface area contributed by atoms with Crippen LogP contribution in [0.3, 0.4) is 0 Å². The van der Waals surface area contributed by atoms with Gasteiger partial charge < -0.3 is 0 Å². The van der Waals surface area contributed by atoms with E-state index in [0.717, 1.165) is 16.5 Å². The van der Waals surface area contributed by atoms with Crippen molar-refractivity contribution in [3.63, 3.8) is 0 Å². The SMILES string of the molecule is Fc1cccc(-n2nnnc2SCc2ccc(Cl)c3cccnc23)c1. The minimum Gasteiger partial charge on any atom is -0.256 e. The molecule has 0 N–H and O–H groups in total. The molecule has 4 rings (SSSR count). The Hall–Kier alpha value is -2.51. The Bertz CT molecular complexity index is 1050. The molecule has 0 aliphatic carbocycles. The molecule has 0 bridgehead atoms. The normalized spacial score (nSPS) is 11.1. The molecule has 2 aromatic heterocycles. The number of thioether (sulfide) groups is 1. The third kappa shape index (κ3) is 3.20. The second-order valence-electron chi connectivity index (χ2n) is 5.25. The zero-order chi connectivity index (χ0) is 17.2. The molecule has 0 fully saturated rings. The monoisotopic (exact) mass is 371 g/mol. The first-order chi connectivity index (χ1) is 12.2. The van der Waals surface area contributed by atoms with Crippen LogP contribution >= 0.6 is 23.4 Å². The summed E-state index contributed by atoms with van der Waals surface area (Å²) in [4.78, 5) is 4.43. The van der Waals surface area contributed by atoms with Crippen molar-refractivity contribution in [2.75, 3.05) is 0 Å². The molecule has 0 atom stereocenters. The van der Waals surface area contributed by atoms with E-state index in [0.29, 0.717) is 21.6 Å². The molecule has 0 spiro atoms. The first-order valence-electron chi connectivity index (χ1n) is 7.41. The van der Waals surface area contributed by atoms with E-state index >= 15 is 0 Å². The van der Waals surface area contributed by atoms with E-state index in [2.05, 4.69) is 20.5 Å². The lowest BCUT2D eigenvalue weighted by atomic mass is 10.1. The largest absolute Gasteiger partial charge is 0.256 e. The number of pyridine rings is 1. The number of halogens is 2. The smallest absolute Gasteiger partial charge is 0.214 e. The van der Waals surface area contributed by atoms with Crippen molar-refractivity contribution in [3.8, 4) is 5.69 Å². The first-order valence-corrected chi connectivity index (χ1v) is 8.78. The van der Waals surface area contributed by atoms with E-state index in [9.17, 15) is 4.39 Å². The van der Waals surface area contributed by atoms with Crippen LogP contribution in [0.1, 0.15) is 5.56 Å². The number of aromatic nitrogens is 5. The lowest BCUT2D eigenvalue weighted by molar-refractivity contribution is 0.623. The van der Waals surface area contributed by atoms with Gasteiger partial charge in [-0.2, -0.15) is 4.68 Å². The molecule has 0 aliphatic rings. The van der Waals surface area contributed by atoms with E-state index in [4.69, 9.17) is 11.6 Å². The lowest BCUT2D eigenvalue weighted by Crippen LogP contribution is -1.99. The molecule has 4 aromatic rings. The molecule has 0 saturated heterocycles. The molecular formula is C17H11ClFN5S. The maximum atomic E-state index is 13.4. The summed E-state index contributed by atoms with van der Waals surface area (Å²) in [5.41, 5.74) is 2.46. The van der Waals surface area contributed by atoms with Gasteiger partial charge in [0.2, 0.25) is 5.16 Å². The van der Waals surface area contributed by atoms with Crippen molar-refractivity contribution < 1.29 is 4.39 Å². The van der Waals surface area contributed by atoms with Crippen molar-refractivity contribution in [2.24, 2.45) is 0 Å². The van der Waals surface area contributed by atoms with Crippen molar-refractivity contribution in [1.82, 2.24) is 25.2 Å². The summed E-state index contributed by atoms with van der Waals surface area (Å²) in [5, 5.41) is 13.8. The van der Waals surface area contributed by atoms with Gasteiger partial charge in [0.05, 0.1) is 11.2 Å². The van der Waals surface area contributed by atoms with Crippen LogP contribution in [-0.2, 0) is 5.75 Å². The molecule has 0 radical (unpaired) electrons. The summed E-state index contributed by atoms with van der Waals surface area (Å²) < 4.78 is 15.0. The van der Waals surface area contributed by atoms with Crippen LogP contribution in [0.25, 0.3) is 16.6 Å². The fraction of sp³-hybridized carbons (Fsp3) is 0.0588. The second-order valence-corrected chi connectivity index (χ2v) is 6.60. The quantitative estimate of drug-likeness (QED) is 0.501. The zero-order valence-electron chi connectivity index (χ0n) is 12.8. The van der Waals surface area contributed by atoms with Crippen molar-refractivity contribution in [3.05, 3.63) is 71.1 Å². The highest BCUT2D eigenvalue weighted by Gasteiger charge is 2.12. The van der Waals surface area contributed by atoms with Gasteiger partial charge >= 0.3 is 0 Å². The van der Waals surface area contributed by atoms with Crippen molar-refractivity contribution in [1.29, 1.82) is 0 Å². The highest BCUT2D eigenvalue weighted by Crippen LogP contribution is 2.29. The highest BCUT2D eigenvalue weighted by molar-refractivity contribution is 7.98. The minimum atomic E-state index is -0.336. The first kappa shape index (κ1) is 16.0. The molecule has 2 heterocycles. The minimum absolute atomic E-state index is 0.336. The predicted molar refractivity (Wildman–Crippen MR) is 95.4 cm³/mol. The Labute approximate surface area is 151 Å². The topological polar surface area (TPSA) is 56.5 Å². The molecule has 0 saturated carbocycles. The van der Waals surface area contributed by atoms with Gasteiger partial charge in [-0.25, -0.2) is 4.39 Å². The Morgan fingerprint density at radius 2 is 2.04 bits per heavy atom. The van der Waals surface area contributed by atoms with Gasteiger partial charge in [0.1, 0.15) is 5.82 Å². The lowest BCUT2D eigenvalue weighted by Gasteiger charge is -2.07. The van der Waals surface area contributed by atoms with Crippen molar-refractivity contribution >= 4 is 34.3 Å². The third-order valence-corrected chi connectivity index (χ3v) is 4.95. The van der Waals surface area contributed by atoms with Gasteiger partial charge in [0, 0.05) is 22.4 Å². The van der Waals surface area contributed by atoms with Gasteiger partial charge in [-0.3, -0.25) is 4.98 Å². The van der Waals surface area contributed by atoms with E-state index in [1.807, 2.05) is 24.3 Å². The number of hydrogen-bond donors (Lipinski definition) is 0. The van der Waals surface area contributed by atoms with Crippen LogP contribution in [0.15, 0.2) is 59.9 Å². The van der Waals surface area contributed by atoms with Crippen LogP contribution in [-0.4, -0.2) is 25.2 Å². The van der Waals surface area contributed by atoms with Gasteiger partial charge in [0.15, 0.2) is 0 Å². The molecule has 2 aromatic carbocycles. The summed E-state index contributed by atoms with van der Waals surface area (Å²) in [6.45, 7) is 0. The molecule has 25 heavy (non-hydrogen) atoms. The molecule has 8 heteroatoms. The van der Waals surface area contributed by atoms with Gasteiger partial charge in [-0.05, 0) is 52.4 Å². The van der Waals surface area contributed by atoms with Crippen molar-refractivity contribution in [2.45, 2.75) is 10.9 Å². The Morgan fingerprint density at radius 3 is 2.92 bits per heavy atom. The van der Waals surface area contributed by atoms with Crippen LogP contribution in [0.2, 0.25) is 5.02 Å². The Morgan fingerprint density at radius 1 is 1.12 bits per heavy atom. The highest BCUT2D eigenvalue weighted by atomic mass is 35.5. The maximum absolute atomic E-state index is 13.4. The average molecular weight is 372 g/mol. The predicted octanol–water partition coefficient (Wildman–Crippen LogP) is 4.30. The molecular weight excluding hydrogens is 361 g/mol. The number of hydrogen-bond acceptors (Lipinski definition) is 5. The fourth-order valence-corrected chi connectivity index (χ4v) is 3.59. The number of rotatable bonds is 4.